The van der Waals surface area contributed by atoms with Crippen LogP contribution in [-0.2, 0) is 7.05 Å². The van der Waals surface area contributed by atoms with Crippen LogP contribution < -0.4 is 15.5 Å². The van der Waals surface area contributed by atoms with E-state index in [9.17, 15) is 4.79 Å². The van der Waals surface area contributed by atoms with Gasteiger partial charge in [0.25, 0.3) is 0 Å². The van der Waals surface area contributed by atoms with Gasteiger partial charge in [-0.15, -0.1) is 0 Å². The third-order valence-corrected chi connectivity index (χ3v) is 5.88. The minimum absolute atomic E-state index is 0.165. The van der Waals surface area contributed by atoms with Gasteiger partial charge in [0.2, 0.25) is 0 Å². The lowest BCUT2D eigenvalue weighted by Gasteiger charge is -2.40. The zero-order chi connectivity index (χ0) is 18.0. The van der Waals surface area contributed by atoms with E-state index in [1.807, 2.05) is 7.05 Å². The van der Waals surface area contributed by atoms with E-state index in [4.69, 9.17) is 11.6 Å². The van der Waals surface area contributed by atoms with Gasteiger partial charge in [0.15, 0.2) is 5.82 Å². The average molecular weight is 366 g/mol. The number of hydrogen-bond donors (Lipinski definition) is 0. The van der Waals surface area contributed by atoms with Crippen LogP contribution in [0.5, 0.6) is 0 Å². The maximum Gasteiger partial charge on any atom is 0.349 e. The molecule has 4 rings (SSSR count). The highest BCUT2D eigenvalue weighted by Crippen LogP contribution is 2.44. The van der Waals surface area contributed by atoms with Crippen molar-refractivity contribution in [1.82, 2.24) is 14.5 Å². The highest BCUT2D eigenvalue weighted by atomic mass is 35.5. The lowest BCUT2D eigenvalue weighted by atomic mass is 10.1. The number of halogens is 2. The summed E-state index contributed by atoms with van der Waals surface area (Å²) in [5, 5.41) is 1.02. The predicted molar refractivity (Wildman–Crippen MR) is 98.6 cm³/mol. The average Bonchev–Trinajstić information content (AvgIpc) is 2.67. The molecule has 25 heavy (non-hydrogen) atoms. The number of piperazine rings is 1. The largest absolute Gasteiger partial charge is 0.371 e. The zero-order valence-corrected chi connectivity index (χ0v) is 15.6. The third kappa shape index (κ3) is 2.25. The summed E-state index contributed by atoms with van der Waals surface area (Å²) in [6.45, 7) is 4.86. The van der Waals surface area contributed by atoms with Crippen LogP contribution in [0, 0.1) is 12.7 Å². The molecule has 1 fully saturated rings. The number of rotatable bonds is 0. The highest BCUT2D eigenvalue weighted by Gasteiger charge is 2.35. The van der Waals surface area contributed by atoms with Gasteiger partial charge in [-0.1, -0.05) is 11.6 Å². The summed E-state index contributed by atoms with van der Waals surface area (Å²) >= 11 is 6.54. The van der Waals surface area contributed by atoms with Crippen molar-refractivity contribution in [2.75, 3.05) is 50.1 Å². The Bertz CT molecular complexity index is 943. The minimum atomic E-state index is -0.451. The van der Waals surface area contributed by atoms with Gasteiger partial charge >= 0.3 is 5.69 Å². The molecule has 0 bridgehead atoms. The Labute approximate surface area is 150 Å². The van der Waals surface area contributed by atoms with Gasteiger partial charge in [-0.05, 0) is 14.0 Å². The highest BCUT2D eigenvalue weighted by molar-refractivity contribution is 6.36. The predicted octanol–water partition coefficient (Wildman–Crippen LogP) is 1.60. The normalized spacial score (nSPS) is 20.8. The first-order valence-corrected chi connectivity index (χ1v) is 8.73. The Balaban J connectivity index is 2.15. The van der Waals surface area contributed by atoms with E-state index in [1.165, 1.54) is 4.57 Å². The third-order valence-electron chi connectivity index (χ3n) is 5.42. The first-order valence-electron chi connectivity index (χ1n) is 8.35. The Morgan fingerprint density at radius 1 is 1.20 bits per heavy atom. The number of fused-ring (bicyclic) bond motifs is 2. The van der Waals surface area contributed by atoms with Crippen LogP contribution in [0.1, 0.15) is 5.56 Å². The molecule has 0 aliphatic carbocycles. The number of nitrogens with zero attached hydrogens (tertiary/aromatic N) is 5. The first kappa shape index (κ1) is 16.6. The summed E-state index contributed by atoms with van der Waals surface area (Å²) in [6.07, 6.45) is 0. The van der Waals surface area contributed by atoms with Crippen molar-refractivity contribution in [2.24, 2.45) is 7.05 Å². The molecule has 2 aromatic rings. The van der Waals surface area contributed by atoms with Gasteiger partial charge in [0, 0.05) is 45.8 Å². The summed E-state index contributed by atoms with van der Waals surface area (Å²) < 4.78 is 16.3. The quantitative estimate of drug-likeness (QED) is 0.709. The van der Waals surface area contributed by atoms with Crippen LogP contribution in [0.15, 0.2) is 4.79 Å². The van der Waals surface area contributed by atoms with E-state index in [1.54, 1.807) is 14.0 Å². The van der Waals surface area contributed by atoms with E-state index in [2.05, 4.69) is 26.7 Å². The second-order valence-electron chi connectivity index (χ2n) is 7.09. The van der Waals surface area contributed by atoms with Crippen molar-refractivity contribution in [1.29, 1.82) is 0 Å². The van der Waals surface area contributed by atoms with E-state index in [0.717, 1.165) is 31.9 Å². The molecule has 0 saturated carbocycles. The van der Waals surface area contributed by atoms with Crippen molar-refractivity contribution in [2.45, 2.75) is 13.0 Å². The maximum atomic E-state index is 15.0. The van der Waals surface area contributed by atoms with E-state index < -0.39 is 11.5 Å². The minimum Gasteiger partial charge on any atom is -0.371 e. The summed E-state index contributed by atoms with van der Waals surface area (Å²) in [5.41, 5.74) is 0.945. The van der Waals surface area contributed by atoms with Crippen LogP contribution in [-0.4, -0.2) is 60.8 Å². The first-order chi connectivity index (χ1) is 11.8. The second-order valence-corrected chi connectivity index (χ2v) is 7.47. The standard InChI is InChI=1S/C17H21ClFN5O/c1-9-12(18)14-11-15(13(9)19)23(4)17(25)20-16(11)24-6-5-21(2)7-10(24)8-22(14)3/h10H,5-8H2,1-4H3. The van der Waals surface area contributed by atoms with E-state index >= 15 is 4.39 Å². The molecular formula is C17H21ClFN5O. The Hall–Kier alpha value is -1.86. The van der Waals surface area contributed by atoms with Gasteiger partial charge in [-0.25, -0.2) is 9.18 Å². The van der Waals surface area contributed by atoms with Gasteiger partial charge in [0.05, 0.1) is 27.7 Å². The van der Waals surface area contributed by atoms with Gasteiger partial charge < -0.3 is 14.7 Å². The molecule has 3 heterocycles. The smallest absolute Gasteiger partial charge is 0.349 e. The fourth-order valence-corrected chi connectivity index (χ4v) is 4.37. The summed E-state index contributed by atoms with van der Waals surface area (Å²) in [4.78, 5) is 23.2. The molecule has 0 radical (unpaired) electrons. The molecule has 0 amide bonds. The van der Waals surface area contributed by atoms with Crippen LogP contribution in [0.3, 0.4) is 0 Å². The van der Waals surface area contributed by atoms with Crippen LogP contribution in [0.2, 0.25) is 5.02 Å². The number of anilines is 2. The Morgan fingerprint density at radius 2 is 1.92 bits per heavy atom. The molecular weight excluding hydrogens is 345 g/mol. The fourth-order valence-electron chi connectivity index (χ4n) is 4.05. The second kappa shape index (κ2) is 5.57. The molecule has 134 valence electrons. The van der Waals surface area contributed by atoms with E-state index in [-0.39, 0.29) is 11.6 Å². The molecule has 0 N–H and O–H groups in total. The van der Waals surface area contributed by atoms with Gasteiger partial charge in [-0.3, -0.25) is 4.57 Å². The number of likely N-dealkylation sites (N-methyl/N-ethyl adjacent to an activating group) is 2. The van der Waals surface area contributed by atoms with Crippen LogP contribution in [0.4, 0.5) is 15.9 Å². The van der Waals surface area contributed by atoms with Crippen molar-refractivity contribution in [3.63, 3.8) is 0 Å². The van der Waals surface area contributed by atoms with Crippen molar-refractivity contribution in [3.05, 3.63) is 26.9 Å². The monoisotopic (exact) mass is 365 g/mol. The van der Waals surface area contributed by atoms with Crippen molar-refractivity contribution in [3.8, 4) is 0 Å². The molecule has 1 saturated heterocycles. The SMILES string of the molecule is Cc1c(Cl)c2c3c(nc(=O)n(C)c3c1F)N1CCN(C)CC1CN2C. The summed E-state index contributed by atoms with van der Waals surface area (Å²) in [7, 11) is 5.60. The summed E-state index contributed by atoms with van der Waals surface area (Å²) in [5.74, 6) is 0.101. The molecule has 1 unspecified atom stereocenters. The number of aryl methyl sites for hydroxylation is 1. The Kier molecular flexibility index (Phi) is 3.70. The lowest BCUT2D eigenvalue weighted by Crippen LogP contribution is -2.55. The van der Waals surface area contributed by atoms with Crippen LogP contribution in [0.25, 0.3) is 10.9 Å². The molecule has 8 heteroatoms. The summed E-state index contributed by atoms with van der Waals surface area (Å²) in [6, 6.07) is 0.165. The van der Waals surface area contributed by atoms with E-state index in [0.29, 0.717) is 21.8 Å². The number of benzene rings is 1. The van der Waals surface area contributed by atoms with Gasteiger partial charge in [0.1, 0.15) is 5.82 Å². The molecule has 0 spiro atoms. The molecule has 1 atom stereocenters. The molecule has 1 aromatic heterocycles. The van der Waals surface area contributed by atoms with Crippen molar-refractivity contribution < 1.29 is 4.39 Å². The number of hydrogen-bond acceptors (Lipinski definition) is 5. The molecule has 1 aromatic carbocycles. The molecule has 6 nitrogen and oxygen atoms in total. The van der Waals surface area contributed by atoms with Gasteiger partial charge in [-0.2, -0.15) is 4.98 Å². The van der Waals surface area contributed by atoms with Crippen molar-refractivity contribution >= 4 is 34.0 Å². The zero-order valence-electron chi connectivity index (χ0n) is 14.8. The topological polar surface area (TPSA) is 44.6 Å². The number of aromatic nitrogens is 2. The van der Waals surface area contributed by atoms with Crippen LogP contribution >= 0.6 is 11.6 Å². The fraction of sp³-hybridized carbons (Fsp3) is 0.529. The maximum absolute atomic E-state index is 15.0. The Morgan fingerprint density at radius 3 is 2.64 bits per heavy atom. The molecule has 2 aliphatic heterocycles. The lowest BCUT2D eigenvalue weighted by molar-refractivity contribution is 0.268. The molecule has 2 aliphatic rings.